The van der Waals surface area contributed by atoms with Gasteiger partial charge in [0.05, 0.1) is 17.7 Å². The van der Waals surface area contributed by atoms with Crippen LogP contribution < -0.4 is 10.1 Å². The summed E-state index contributed by atoms with van der Waals surface area (Å²) in [5, 5.41) is 12.4. The van der Waals surface area contributed by atoms with Gasteiger partial charge in [0.25, 0.3) is 5.91 Å². The monoisotopic (exact) mass is 358 g/mol. The molecule has 0 saturated carbocycles. The van der Waals surface area contributed by atoms with E-state index in [2.05, 4.69) is 5.32 Å². The van der Waals surface area contributed by atoms with Gasteiger partial charge in [0.2, 0.25) is 0 Å². The summed E-state index contributed by atoms with van der Waals surface area (Å²) in [5.41, 5.74) is 1.62. The van der Waals surface area contributed by atoms with Crippen LogP contribution in [0.3, 0.4) is 0 Å². The van der Waals surface area contributed by atoms with Gasteiger partial charge in [-0.1, -0.05) is 11.6 Å². The lowest BCUT2D eigenvalue weighted by atomic mass is 10.0. The van der Waals surface area contributed by atoms with Crippen LogP contribution in [-0.2, 0) is 4.79 Å². The number of amides is 1. The minimum absolute atomic E-state index is 0.0444. The Morgan fingerprint density at radius 2 is 2.12 bits per heavy atom. The van der Waals surface area contributed by atoms with Crippen LogP contribution in [0.4, 0.5) is 0 Å². The molecule has 0 spiro atoms. The summed E-state index contributed by atoms with van der Waals surface area (Å²) in [5.74, 6) is 1.34. The molecule has 2 aromatic rings. The van der Waals surface area contributed by atoms with Crippen molar-refractivity contribution in [2.45, 2.75) is 17.4 Å². The second-order valence-electron chi connectivity index (χ2n) is 5.36. The molecule has 1 aliphatic rings. The number of carbonyl (C=O) groups excluding carboxylic acids is 1. The number of nitriles is 1. The summed E-state index contributed by atoms with van der Waals surface area (Å²) < 4.78 is 5.47. The molecule has 0 fully saturated rings. The first-order chi connectivity index (χ1) is 11.7. The van der Waals surface area contributed by atoms with Gasteiger partial charge in [0, 0.05) is 15.7 Å². The number of carbonyl (C=O) groups is 1. The lowest BCUT2D eigenvalue weighted by Crippen LogP contribution is -2.34. The SMILES string of the molecule is N#Cc1ccc(OCC(=O)N[C@@H]2CCSc3ccc(Cl)cc32)cc1. The molecule has 0 unspecified atom stereocenters. The molecule has 122 valence electrons. The first-order valence-electron chi connectivity index (χ1n) is 7.50. The second kappa shape index (κ2) is 7.61. The number of thioether (sulfide) groups is 1. The molecule has 0 aromatic heterocycles. The van der Waals surface area contributed by atoms with Gasteiger partial charge in [0.1, 0.15) is 5.75 Å². The summed E-state index contributed by atoms with van der Waals surface area (Å²) in [6, 6.07) is 14.4. The molecule has 0 aliphatic carbocycles. The standard InChI is InChI=1S/C18H15ClN2O2S/c19-13-3-6-17-15(9-13)16(7-8-24-17)21-18(22)11-23-14-4-1-12(10-20)2-5-14/h1-6,9,16H,7-8,11H2,(H,21,22)/t16-/m1/s1. The van der Waals surface area contributed by atoms with E-state index in [1.165, 1.54) is 0 Å². The van der Waals surface area contributed by atoms with Crippen molar-refractivity contribution in [3.05, 3.63) is 58.6 Å². The molecule has 4 nitrogen and oxygen atoms in total. The minimum atomic E-state index is -0.179. The fourth-order valence-corrected chi connectivity index (χ4v) is 3.81. The van der Waals surface area contributed by atoms with Gasteiger partial charge in [-0.25, -0.2) is 0 Å². The number of hydrogen-bond acceptors (Lipinski definition) is 4. The fourth-order valence-electron chi connectivity index (χ4n) is 2.53. The second-order valence-corrected chi connectivity index (χ2v) is 6.94. The summed E-state index contributed by atoms with van der Waals surface area (Å²) >= 11 is 7.85. The van der Waals surface area contributed by atoms with Crippen LogP contribution in [0, 0.1) is 11.3 Å². The molecule has 1 heterocycles. The van der Waals surface area contributed by atoms with Gasteiger partial charge < -0.3 is 10.1 Å². The highest BCUT2D eigenvalue weighted by molar-refractivity contribution is 7.99. The van der Waals surface area contributed by atoms with E-state index in [9.17, 15) is 4.79 Å². The largest absolute Gasteiger partial charge is 0.484 e. The predicted molar refractivity (Wildman–Crippen MR) is 94.3 cm³/mol. The summed E-state index contributed by atoms with van der Waals surface area (Å²) in [6.45, 7) is -0.0640. The maximum absolute atomic E-state index is 12.2. The molecular formula is C18H15ClN2O2S. The summed E-state index contributed by atoms with van der Waals surface area (Å²) in [4.78, 5) is 13.3. The average molecular weight is 359 g/mol. The molecule has 24 heavy (non-hydrogen) atoms. The zero-order chi connectivity index (χ0) is 16.9. The van der Waals surface area contributed by atoms with Crippen molar-refractivity contribution in [1.29, 1.82) is 5.26 Å². The molecule has 1 amide bonds. The van der Waals surface area contributed by atoms with Gasteiger partial charge >= 0.3 is 0 Å². The van der Waals surface area contributed by atoms with E-state index >= 15 is 0 Å². The van der Waals surface area contributed by atoms with E-state index in [0.717, 1.165) is 22.6 Å². The Labute approximate surface area is 149 Å². The van der Waals surface area contributed by atoms with Crippen molar-refractivity contribution in [2.75, 3.05) is 12.4 Å². The third-order valence-corrected chi connectivity index (χ3v) is 5.06. The van der Waals surface area contributed by atoms with Gasteiger partial charge in [0.15, 0.2) is 6.61 Å². The van der Waals surface area contributed by atoms with E-state index in [0.29, 0.717) is 16.3 Å². The lowest BCUT2D eigenvalue weighted by Gasteiger charge is -2.26. The highest BCUT2D eigenvalue weighted by Gasteiger charge is 2.22. The molecule has 6 heteroatoms. The molecule has 3 rings (SSSR count). The van der Waals surface area contributed by atoms with E-state index in [-0.39, 0.29) is 18.6 Å². The third-order valence-electron chi connectivity index (χ3n) is 3.70. The number of hydrogen-bond donors (Lipinski definition) is 1. The van der Waals surface area contributed by atoms with Crippen LogP contribution in [0.2, 0.25) is 5.02 Å². The molecule has 1 N–H and O–H groups in total. The maximum atomic E-state index is 12.2. The molecule has 1 atom stereocenters. The van der Waals surface area contributed by atoms with Gasteiger partial charge in [-0.2, -0.15) is 5.26 Å². The fraction of sp³-hybridized carbons (Fsp3) is 0.222. The first-order valence-corrected chi connectivity index (χ1v) is 8.86. The third kappa shape index (κ3) is 4.02. The van der Waals surface area contributed by atoms with Crippen molar-refractivity contribution in [2.24, 2.45) is 0 Å². The summed E-state index contributed by atoms with van der Waals surface area (Å²) in [7, 11) is 0. The number of halogens is 1. The average Bonchev–Trinajstić information content (AvgIpc) is 2.61. The predicted octanol–water partition coefficient (Wildman–Crippen LogP) is 3.94. The number of fused-ring (bicyclic) bond motifs is 1. The van der Waals surface area contributed by atoms with Crippen LogP contribution in [0.15, 0.2) is 47.4 Å². The maximum Gasteiger partial charge on any atom is 0.258 e. The van der Waals surface area contributed by atoms with Crippen molar-refractivity contribution >= 4 is 29.3 Å². The number of rotatable bonds is 4. The van der Waals surface area contributed by atoms with Crippen LogP contribution in [0.25, 0.3) is 0 Å². The molecule has 0 saturated heterocycles. The number of nitrogens with one attached hydrogen (secondary N) is 1. The van der Waals surface area contributed by atoms with Crippen LogP contribution in [-0.4, -0.2) is 18.3 Å². The van der Waals surface area contributed by atoms with Gasteiger partial charge in [-0.15, -0.1) is 11.8 Å². The smallest absolute Gasteiger partial charge is 0.258 e. The highest BCUT2D eigenvalue weighted by atomic mass is 35.5. The van der Waals surface area contributed by atoms with Crippen molar-refractivity contribution in [3.63, 3.8) is 0 Å². The van der Waals surface area contributed by atoms with Crippen molar-refractivity contribution < 1.29 is 9.53 Å². The van der Waals surface area contributed by atoms with E-state index in [4.69, 9.17) is 21.6 Å². The van der Waals surface area contributed by atoms with Crippen LogP contribution in [0.1, 0.15) is 23.6 Å². The van der Waals surface area contributed by atoms with Crippen LogP contribution >= 0.6 is 23.4 Å². The molecule has 1 aliphatic heterocycles. The Kier molecular flexibility index (Phi) is 5.29. The lowest BCUT2D eigenvalue weighted by molar-refractivity contribution is -0.123. The Morgan fingerprint density at radius 3 is 2.88 bits per heavy atom. The van der Waals surface area contributed by atoms with E-state index in [1.54, 1.807) is 36.0 Å². The summed E-state index contributed by atoms with van der Waals surface area (Å²) in [6.07, 6.45) is 0.862. The topological polar surface area (TPSA) is 62.1 Å². The van der Waals surface area contributed by atoms with E-state index < -0.39 is 0 Å². The number of nitrogens with zero attached hydrogens (tertiary/aromatic N) is 1. The Balaban J connectivity index is 1.59. The minimum Gasteiger partial charge on any atom is -0.484 e. The molecule has 2 aromatic carbocycles. The molecular weight excluding hydrogens is 344 g/mol. The zero-order valence-electron chi connectivity index (χ0n) is 12.8. The van der Waals surface area contributed by atoms with Crippen molar-refractivity contribution in [1.82, 2.24) is 5.32 Å². The van der Waals surface area contributed by atoms with Crippen LogP contribution in [0.5, 0.6) is 5.75 Å². The molecule has 0 bridgehead atoms. The zero-order valence-corrected chi connectivity index (χ0v) is 14.4. The molecule has 0 radical (unpaired) electrons. The first kappa shape index (κ1) is 16.7. The van der Waals surface area contributed by atoms with Gasteiger partial charge in [-0.05, 0) is 54.4 Å². The van der Waals surface area contributed by atoms with E-state index in [1.807, 2.05) is 24.3 Å². The number of ether oxygens (including phenoxy) is 1. The van der Waals surface area contributed by atoms with Gasteiger partial charge in [-0.3, -0.25) is 4.79 Å². The quantitative estimate of drug-likeness (QED) is 0.899. The Bertz CT molecular complexity index is 787. The Morgan fingerprint density at radius 1 is 1.33 bits per heavy atom. The van der Waals surface area contributed by atoms with Crippen molar-refractivity contribution in [3.8, 4) is 11.8 Å². The number of benzene rings is 2. The highest BCUT2D eigenvalue weighted by Crippen LogP contribution is 2.37. The Hall–Kier alpha value is -2.16. The normalized spacial score (nSPS) is 15.9.